The number of hydrogen-bond acceptors (Lipinski definition) is 8. The maximum absolute atomic E-state index is 13.1. The predicted octanol–water partition coefficient (Wildman–Crippen LogP) is 3.49. The third-order valence-corrected chi connectivity index (χ3v) is 7.36. The number of ether oxygens (including phenoxy) is 1. The van der Waals surface area contributed by atoms with Crippen molar-refractivity contribution in [3.63, 3.8) is 0 Å². The molecule has 33 heavy (non-hydrogen) atoms. The number of esters is 1. The number of hydrogen-bond donors (Lipinski definition) is 2. The molecule has 2 aromatic carbocycles. The van der Waals surface area contributed by atoms with Crippen LogP contribution in [0.15, 0.2) is 63.3 Å². The van der Waals surface area contributed by atoms with Gasteiger partial charge in [-0.05, 0) is 61.7 Å². The van der Waals surface area contributed by atoms with E-state index < -0.39 is 21.7 Å². The number of amides is 1. The van der Waals surface area contributed by atoms with Crippen molar-refractivity contribution in [2.24, 2.45) is 0 Å². The fourth-order valence-corrected chi connectivity index (χ4v) is 5.47. The summed E-state index contributed by atoms with van der Waals surface area (Å²) in [6.07, 6.45) is 1.66. The van der Waals surface area contributed by atoms with Crippen LogP contribution in [0, 0.1) is 0 Å². The van der Waals surface area contributed by atoms with E-state index in [4.69, 9.17) is 22.1 Å². The van der Waals surface area contributed by atoms with Gasteiger partial charge in [-0.25, -0.2) is 17.9 Å². The molecule has 0 radical (unpaired) electrons. The molecule has 3 rings (SSSR count). The van der Waals surface area contributed by atoms with Crippen LogP contribution in [0.3, 0.4) is 0 Å². The molecule has 1 amide bonds. The first kappa shape index (κ1) is 24.6. The Balaban J connectivity index is 1.81. The third kappa shape index (κ3) is 5.49. The molecular formula is C21H21ClN4O5S2. The maximum Gasteiger partial charge on any atom is 0.338 e. The van der Waals surface area contributed by atoms with Crippen molar-refractivity contribution >= 4 is 56.6 Å². The number of nitrogen functional groups attached to an aromatic ring is 1. The summed E-state index contributed by atoms with van der Waals surface area (Å²) in [6.45, 7) is 1.66. The first-order valence-corrected chi connectivity index (χ1v) is 12.7. The lowest BCUT2D eigenvalue weighted by Crippen LogP contribution is -2.21. The van der Waals surface area contributed by atoms with E-state index in [2.05, 4.69) is 10.4 Å². The van der Waals surface area contributed by atoms with E-state index in [1.165, 1.54) is 36.4 Å². The molecule has 1 aromatic heterocycles. The topological polar surface area (TPSA) is 133 Å². The zero-order chi connectivity index (χ0) is 24.2. The van der Waals surface area contributed by atoms with E-state index in [0.29, 0.717) is 16.3 Å². The molecule has 0 aliphatic carbocycles. The SMILES string of the molecule is CCOC(=O)c1ccc(NC(=O)Cn2nc(SC)c(S(=O)(=O)c3ccc(Cl)cc3)c2N)cc1. The fourth-order valence-electron chi connectivity index (χ4n) is 2.91. The number of rotatable bonds is 8. The zero-order valence-electron chi connectivity index (χ0n) is 17.7. The smallest absolute Gasteiger partial charge is 0.338 e. The average Bonchev–Trinajstić information content (AvgIpc) is 3.10. The van der Waals surface area contributed by atoms with Crippen LogP contribution in [0.2, 0.25) is 5.02 Å². The monoisotopic (exact) mass is 508 g/mol. The van der Waals surface area contributed by atoms with Crippen LogP contribution >= 0.6 is 23.4 Å². The summed E-state index contributed by atoms with van der Waals surface area (Å²) in [5.41, 5.74) is 6.90. The van der Waals surface area contributed by atoms with Crippen molar-refractivity contribution in [2.45, 2.75) is 28.3 Å². The van der Waals surface area contributed by atoms with Crippen LogP contribution < -0.4 is 11.1 Å². The standard InChI is InChI=1S/C21H21ClN4O5S2/c1-3-31-21(28)13-4-8-15(9-5-13)24-17(27)12-26-19(23)18(20(25-26)32-2)33(29,30)16-10-6-14(22)7-11-16/h4-11H,3,12,23H2,1-2H3,(H,24,27). The summed E-state index contributed by atoms with van der Waals surface area (Å²) in [5, 5.41) is 7.44. The number of anilines is 2. The molecule has 0 fully saturated rings. The Morgan fingerprint density at radius 3 is 2.36 bits per heavy atom. The molecule has 0 atom stereocenters. The Hall–Kier alpha value is -3.02. The first-order chi connectivity index (χ1) is 15.7. The van der Waals surface area contributed by atoms with Crippen LogP contribution in [-0.2, 0) is 25.9 Å². The van der Waals surface area contributed by atoms with Gasteiger partial charge < -0.3 is 15.8 Å². The number of benzene rings is 2. The Morgan fingerprint density at radius 2 is 1.79 bits per heavy atom. The number of nitrogens with one attached hydrogen (secondary N) is 1. The van der Waals surface area contributed by atoms with Gasteiger partial charge in [-0.3, -0.25) is 4.79 Å². The van der Waals surface area contributed by atoms with E-state index in [1.54, 1.807) is 25.3 Å². The van der Waals surface area contributed by atoms with Crippen molar-refractivity contribution in [1.82, 2.24) is 9.78 Å². The van der Waals surface area contributed by atoms with Crippen molar-refractivity contribution in [2.75, 3.05) is 23.9 Å². The number of aromatic nitrogens is 2. The normalized spacial score (nSPS) is 11.2. The minimum Gasteiger partial charge on any atom is -0.462 e. The molecule has 0 saturated heterocycles. The summed E-state index contributed by atoms with van der Waals surface area (Å²) in [4.78, 5) is 24.1. The van der Waals surface area contributed by atoms with Crippen LogP contribution in [0.5, 0.6) is 0 Å². The lowest BCUT2D eigenvalue weighted by molar-refractivity contribution is -0.116. The Morgan fingerprint density at radius 1 is 1.15 bits per heavy atom. The second-order valence-corrected chi connectivity index (χ2v) is 9.80. The number of nitrogens with zero attached hydrogens (tertiary/aromatic N) is 2. The number of carbonyl (C=O) groups is 2. The third-order valence-electron chi connectivity index (χ3n) is 4.48. The summed E-state index contributed by atoms with van der Waals surface area (Å²) >= 11 is 6.96. The van der Waals surface area contributed by atoms with Crippen molar-refractivity contribution in [3.05, 3.63) is 59.1 Å². The minimum absolute atomic E-state index is 0.0135. The molecular weight excluding hydrogens is 488 g/mol. The molecule has 0 aliphatic heterocycles. The molecule has 174 valence electrons. The van der Waals surface area contributed by atoms with Crippen LogP contribution in [-0.4, -0.2) is 42.9 Å². The van der Waals surface area contributed by atoms with Gasteiger partial charge in [0.25, 0.3) is 0 Å². The van der Waals surface area contributed by atoms with Gasteiger partial charge in [-0.1, -0.05) is 11.6 Å². The van der Waals surface area contributed by atoms with Gasteiger partial charge in [0, 0.05) is 10.7 Å². The lowest BCUT2D eigenvalue weighted by Gasteiger charge is -2.08. The highest BCUT2D eigenvalue weighted by molar-refractivity contribution is 7.99. The van der Waals surface area contributed by atoms with E-state index in [1.807, 2.05) is 0 Å². The van der Waals surface area contributed by atoms with E-state index in [9.17, 15) is 18.0 Å². The molecule has 0 unspecified atom stereocenters. The second-order valence-electron chi connectivity index (χ2n) is 6.68. The molecule has 0 bridgehead atoms. The highest BCUT2D eigenvalue weighted by atomic mass is 35.5. The molecule has 12 heteroatoms. The van der Waals surface area contributed by atoms with Crippen molar-refractivity contribution in [3.8, 4) is 0 Å². The van der Waals surface area contributed by atoms with Gasteiger partial charge >= 0.3 is 5.97 Å². The van der Waals surface area contributed by atoms with Gasteiger partial charge in [0.15, 0.2) is 0 Å². The average molecular weight is 509 g/mol. The second kappa shape index (κ2) is 10.3. The van der Waals surface area contributed by atoms with Gasteiger partial charge in [-0.15, -0.1) is 11.8 Å². The number of thioether (sulfide) groups is 1. The van der Waals surface area contributed by atoms with E-state index >= 15 is 0 Å². The van der Waals surface area contributed by atoms with Crippen molar-refractivity contribution < 1.29 is 22.7 Å². The molecule has 1 heterocycles. The molecule has 0 saturated carbocycles. The summed E-state index contributed by atoms with van der Waals surface area (Å²) in [7, 11) is -3.98. The van der Waals surface area contributed by atoms with Crippen molar-refractivity contribution in [1.29, 1.82) is 0 Å². The van der Waals surface area contributed by atoms with Gasteiger partial charge in [0.2, 0.25) is 15.7 Å². The first-order valence-electron chi connectivity index (χ1n) is 9.65. The Labute approximate surface area is 200 Å². The van der Waals surface area contributed by atoms with E-state index in [-0.39, 0.29) is 33.8 Å². The van der Waals surface area contributed by atoms with E-state index in [0.717, 1.165) is 16.4 Å². The maximum atomic E-state index is 13.1. The molecule has 0 spiro atoms. The van der Waals surface area contributed by atoms with Gasteiger partial charge in [0.05, 0.1) is 17.1 Å². The number of sulfone groups is 1. The van der Waals surface area contributed by atoms with Gasteiger partial charge in [0.1, 0.15) is 22.3 Å². The highest BCUT2D eigenvalue weighted by Crippen LogP contribution is 2.34. The lowest BCUT2D eigenvalue weighted by atomic mass is 10.2. The van der Waals surface area contributed by atoms with Gasteiger partial charge in [-0.2, -0.15) is 5.10 Å². The Kier molecular flexibility index (Phi) is 7.67. The van der Waals surface area contributed by atoms with Crippen LogP contribution in [0.1, 0.15) is 17.3 Å². The quantitative estimate of drug-likeness (QED) is 0.349. The predicted molar refractivity (Wildman–Crippen MR) is 126 cm³/mol. The zero-order valence-corrected chi connectivity index (χ0v) is 20.1. The summed E-state index contributed by atoms with van der Waals surface area (Å²) < 4.78 is 32.3. The molecule has 0 aliphatic rings. The molecule has 9 nitrogen and oxygen atoms in total. The van der Waals surface area contributed by atoms with Crippen LogP contribution in [0.4, 0.5) is 11.5 Å². The molecule has 3 N–H and O–H groups in total. The summed E-state index contributed by atoms with van der Waals surface area (Å²) in [6, 6.07) is 11.9. The van der Waals surface area contributed by atoms with Crippen LogP contribution in [0.25, 0.3) is 0 Å². The number of nitrogens with two attached hydrogens (primary N) is 1. The number of halogens is 1. The fraction of sp³-hybridized carbons (Fsp3) is 0.190. The summed E-state index contributed by atoms with van der Waals surface area (Å²) in [5.74, 6) is -1.09. The largest absolute Gasteiger partial charge is 0.462 e. The molecule has 3 aromatic rings. The Bertz CT molecular complexity index is 1270. The minimum atomic E-state index is -3.98. The highest BCUT2D eigenvalue weighted by Gasteiger charge is 2.29. The number of carbonyl (C=O) groups excluding carboxylic acids is 2.